The number of aryl methyl sites for hydroxylation is 2. The van der Waals surface area contributed by atoms with Crippen molar-refractivity contribution in [3.05, 3.63) is 87.5 Å². The highest BCUT2D eigenvalue weighted by Gasteiger charge is 2.35. The first kappa shape index (κ1) is 21.9. The van der Waals surface area contributed by atoms with Crippen LogP contribution in [0.4, 0.5) is 10.1 Å². The molecule has 162 valence electrons. The van der Waals surface area contributed by atoms with E-state index in [1.807, 2.05) is 13.8 Å². The number of thiocarbonyl (C=S) groups is 1. The number of aromatic nitrogens is 1. The van der Waals surface area contributed by atoms with Crippen LogP contribution in [0.5, 0.6) is 0 Å². The van der Waals surface area contributed by atoms with Gasteiger partial charge in [0.05, 0.1) is 11.4 Å². The van der Waals surface area contributed by atoms with Crippen molar-refractivity contribution < 1.29 is 14.0 Å². The van der Waals surface area contributed by atoms with Crippen LogP contribution in [-0.4, -0.2) is 21.5 Å². The van der Waals surface area contributed by atoms with Gasteiger partial charge in [-0.2, -0.15) is 0 Å². The van der Waals surface area contributed by atoms with Gasteiger partial charge in [-0.1, -0.05) is 29.8 Å². The van der Waals surface area contributed by atoms with E-state index in [1.165, 1.54) is 17.0 Å². The van der Waals surface area contributed by atoms with Crippen molar-refractivity contribution in [3.8, 4) is 5.69 Å². The minimum Gasteiger partial charge on any atom is -0.315 e. The maximum Gasteiger partial charge on any atom is 0.270 e. The van der Waals surface area contributed by atoms with Gasteiger partial charge in [-0.15, -0.1) is 0 Å². The number of amides is 2. The van der Waals surface area contributed by atoms with E-state index in [0.29, 0.717) is 27.7 Å². The molecule has 2 heterocycles. The zero-order valence-electron chi connectivity index (χ0n) is 17.6. The van der Waals surface area contributed by atoms with Gasteiger partial charge in [-0.25, -0.2) is 4.39 Å². The molecule has 4 rings (SSSR count). The summed E-state index contributed by atoms with van der Waals surface area (Å²) in [7, 11) is 0. The molecule has 0 radical (unpaired) electrons. The van der Waals surface area contributed by atoms with Gasteiger partial charge in [-0.3, -0.25) is 19.8 Å². The standard InChI is InChI=1S/C24H19ClFN3O2S/c1-13-8-9-17(12-19(13)25)29-23(31)18(22(30)27-24(29)32)11-16-10-14(2)28(15(16)3)21-7-5-4-6-20(21)26/h4-12H,1-3H3,(H,27,30,32)/b18-11+. The molecule has 0 atom stereocenters. The van der Waals surface area contributed by atoms with Crippen molar-refractivity contribution in [3.63, 3.8) is 0 Å². The number of benzene rings is 2. The number of carbonyl (C=O) groups is 2. The van der Waals surface area contributed by atoms with Gasteiger partial charge in [0, 0.05) is 16.4 Å². The van der Waals surface area contributed by atoms with Crippen molar-refractivity contribution in [1.29, 1.82) is 0 Å². The van der Waals surface area contributed by atoms with Crippen molar-refractivity contribution in [1.82, 2.24) is 9.88 Å². The predicted molar refractivity (Wildman–Crippen MR) is 128 cm³/mol. The molecule has 1 fully saturated rings. The molecule has 1 aromatic heterocycles. The molecule has 5 nitrogen and oxygen atoms in total. The summed E-state index contributed by atoms with van der Waals surface area (Å²) in [5, 5.41) is 3.02. The predicted octanol–water partition coefficient (Wildman–Crippen LogP) is 5.03. The van der Waals surface area contributed by atoms with Crippen LogP contribution in [0.2, 0.25) is 5.02 Å². The second kappa shape index (κ2) is 8.33. The fourth-order valence-electron chi connectivity index (χ4n) is 3.71. The Morgan fingerprint density at radius 2 is 1.78 bits per heavy atom. The van der Waals surface area contributed by atoms with Gasteiger partial charge in [-0.05, 0) is 80.5 Å². The number of anilines is 1. The maximum absolute atomic E-state index is 14.4. The van der Waals surface area contributed by atoms with Gasteiger partial charge in [0.25, 0.3) is 11.8 Å². The quantitative estimate of drug-likeness (QED) is 0.334. The smallest absolute Gasteiger partial charge is 0.270 e. The molecule has 1 aliphatic heterocycles. The lowest BCUT2D eigenvalue weighted by Crippen LogP contribution is -2.54. The van der Waals surface area contributed by atoms with Gasteiger partial charge >= 0.3 is 0 Å². The monoisotopic (exact) mass is 467 g/mol. The normalized spacial score (nSPS) is 15.5. The summed E-state index contributed by atoms with van der Waals surface area (Å²) in [6.07, 6.45) is 1.50. The second-order valence-corrected chi connectivity index (χ2v) is 8.30. The number of nitrogens with zero attached hydrogens (tertiary/aromatic N) is 2. The van der Waals surface area contributed by atoms with Gasteiger partial charge in [0.2, 0.25) is 0 Å². The van der Waals surface area contributed by atoms with Gasteiger partial charge < -0.3 is 4.57 Å². The molecule has 32 heavy (non-hydrogen) atoms. The minimum atomic E-state index is -0.592. The molecule has 0 spiro atoms. The highest BCUT2D eigenvalue weighted by molar-refractivity contribution is 7.80. The van der Waals surface area contributed by atoms with Crippen LogP contribution in [-0.2, 0) is 9.59 Å². The first-order valence-corrected chi connectivity index (χ1v) is 10.6. The number of nitrogens with one attached hydrogen (secondary N) is 1. The zero-order valence-corrected chi connectivity index (χ0v) is 19.1. The van der Waals surface area contributed by atoms with Gasteiger partial charge in [0.1, 0.15) is 11.4 Å². The van der Waals surface area contributed by atoms with Crippen molar-refractivity contribution in [2.45, 2.75) is 20.8 Å². The summed E-state index contributed by atoms with van der Waals surface area (Å²) in [6.45, 7) is 5.49. The lowest BCUT2D eigenvalue weighted by molar-refractivity contribution is -0.122. The molecule has 1 N–H and O–H groups in total. The number of carbonyl (C=O) groups excluding carboxylic acids is 2. The third kappa shape index (κ3) is 3.74. The van der Waals surface area contributed by atoms with Crippen molar-refractivity contribution >= 4 is 52.5 Å². The SMILES string of the molecule is Cc1ccc(N2C(=O)/C(=C/c3cc(C)n(-c4ccccc4F)c3C)C(=O)NC2=S)cc1Cl. The van der Waals surface area contributed by atoms with Crippen LogP contribution in [0, 0.1) is 26.6 Å². The highest BCUT2D eigenvalue weighted by atomic mass is 35.5. The van der Waals surface area contributed by atoms with E-state index in [9.17, 15) is 14.0 Å². The highest BCUT2D eigenvalue weighted by Crippen LogP contribution is 2.29. The summed E-state index contributed by atoms with van der Waals surface area (Å²) >= 11 is 11.5. The molecule has 0 bridgehead atoms. The summed E-state index contributed by atoms with van der Waals surface area (Å²) < 4.78 is 16.1. The van der Waals surface area contributed by atoms with E-state index in [0.717, 1.165) is 11.3 Å². The number of rotatable bonds is 3. The van der Waals surface area contributed by atoms with E-state index in [1.54, 1.807) is 54.0 Å². The molecule has 0 saturated carbocycles. The first-order valence-electron chi connectivity index (χ1n) is 9.80. The Morgan fingerprint density at radius 3 is 2.47 bits per heavy atom. The van der Waals surface area contributed by atoms with Gasteiger partial charge in [0.15, 0.2) is 5.11 Å². The first-order chi connectivity index (χ1) is 15.2. The summed E-state index contributed by atoms with van der Waals surface area (Å²) in [5.74, 6) is -1.52. The van der Waals surface area contributed by atoms with E-state index in [-0.39, 0.29) is 16.5 Å². The number of para-hydroxylation sites is 1. The molecular formula is C24H19ClFN3O2S. The number of hydrogen-bond donors (Lipinski definition) is 1. The van der Waals surface area contributed by atoms with Crippen LogP contribution in [0.15, 0.2) is 54.1 Å². The third-order valence-electron chi connectivity index (χ3n) is 5.38. The molecule has 1 saturated heterocycles. The lowest BCUT2D eigenvalue weighted by atomic mass is 10.1. The number of halogens is 2. The summed E-state index contributed by atoms with van der Waals surface area (Å²) in [5.41, 5.74) is 3.70. The van der Waals surface area contributed by atoms with E-state index >= 15 is 0 Å². The molecule has 0 aliphatic carbocycles. The fraction of sp³-hybridized carbons (Fsp3) is 0.125. The molecule has 0 unspecified atom stereocenters. The maximum atomic E-state index is 14.4. The largest absolute Gasteiger partial charge is 0.315 e. The molecule has 2 aromatic carbocycles. The van der Waals surface area contributed by atoms with Crippen LogP contribution in [0.3, 0.4) is 0 Å². The number of hydrogen-bond acceptors (Lipinski definition) is 3. The Morgan fingerprint density at radius 1 is 1.06 bits per heavy atom. The van der Waals surface area contributed by atoms with Crippen molar-refractivity contribution in [2.75, 3.05) is 4.90 Å². The molecule has 1 aliphatic rings. The minimum absolute atomic E-state index is 0.0195. The molecule has 2 amide bonds. The average molecular weight is 468 g/mol. The van der Waals surface area contributed by atoms with Crippen molar-refractivity contribution in [2.24, 2.45) is 0 Å². The second-order valence-electron chi connectivity index (χ2n) is 7.50. The molecule has 3 aromatic rings. The molecular weight excluding hydrogens is 449 g/mol. The third-order valence-corrected chi connectivity index (χ3v) is 6.07. The topological polar surface area (TPSA) is 54.3 Å². The Balaban J connectivity index is 1.78. The van der Waals surface area contributed by atoms with E-state index in [4.69, 9.17) is 23.8 Å². The van der Waals surface area contributed by atoms with Crippen LogP contribution in [0.1, 0.15) is 22.5 Å². The van der Waals surface area contributed by atoms with Crippen LogP contribution in [0.25, 0.3) is 11.8 Å². The summed E-state index contributed by atoms with van der Waals surface area (Å²) in [4.78, 5) is 27.2. The Kier molecular flexibility index (Phi) is 5.71. The Labute approximate surface area is 195 Å². The van der Waals surface area contributed by atoms with E-state index < -0.39 is 11.8 Å². The average Bonchev–Trinajstić information content (AvgIpc) is 3.01. The Bertz CT molecular complexity index is 1330. The van der Waals surface area contributed by atoms with E-state index in [2.05, 4.69) is 5.32 Å². The lowest BCUT2D eigenvalue weighted by Gasteiger charge is -2.29. The Hall–Kier alpha value is -3.29. The molecule has 8 heteroatoms. The van der Waals surface area contributed by atoms with Crippen LogP contribution < -0.4 is 10.2 Å². The zero-order chi connectivity index (χ0) is 23.2. The van der Waals surface area contributed by atoms with Crippen LogP contribution >= 0.6 is 23.8 Å². The fourth-order valence-corrected chi connectivity index (χ4v) is 4.16. The summed E-state index contributed by atoms with van der Waals surface area (Å²) in [6, 6.07) is 13.3.